The van der Waals surface area contributed by atoms with Crippen LogP contribution in [-0.4, -0.2) is 29.6 Å². The van der Waals surface area contributed by atoms with Crippen molar-refractivity contribution in [1.82, 2.24) is 9.47 Å². The maximum absolute atomic E-state index is 2.51. The third kappa shape index (κ3) is 1.71. The molecule has 1 aliphatic rings. The van der Waals surface area contributed by atoms with E-state index in [0.29, 0.717) is 0 Å². The minimum absolute atomic E-state index is 0.737. The number of hydrogen-bond acceptors (Lipinski definition) is 1. The summed E-state index contributed by atoms with van der Waals surface area (Å²) in [6.45, 7) is 6.90. The van der Waals surface area contributed by atoms with Gasteiger partial charge in [0, 0.05) is 17.4 Å². The summed E-state index contributed by atoms with van der Waals surface area (Å²) in [4.78, 5) is 2.42. The molecule has 2 rings (SSSR count). The average Bonchev–Trinajstić information content (AvgIpc) is 2.49. The molecule has 1 saturated heterocycles. The number of rotatable bonds is 1. The van der Waals surface area contributed by atoms with Crippen molar-refractivity contribution < 1.29 is 0 Å². The molecule has 0 radical (unpaired) electrons. The molecule has 0 aromatic carbocycles. The number of aromatic nitrogens is 1. The molecule has 0 unspecified atom stereocenters. The Labute approximate surface area is 86.5 Å². The first-order chi connectivity index (χ1) is 6.68. The third-order valence-corrected chi connectivity index (χ3v) is 3.38. The van der Waals surface area contributed by atoms with Gasteiger partial charge in [0.1, 0.15) is 0 Å². The molecule has 1 aromatic rings. The van der Waals surface area contributed by atoms with E-state index in [1.165, 1.54) is 37.3 Å². The minimum Gasteiger partial charge on any atom is -0.346 e. The van der Waals surface area contributed by atoms with Gasteiger partial charge in [0.15, 0.2) is 0 Å². The number of nitrogens with zero attached hydrogens (tertiary/aromatic N) is 2. The topological polar surface area (TPSA) is 8.17 Å². The Balaban J connectivity index is 2.15. The van der Waals surface area contributed by atoms with Gasteiger partial charge in [0.2, 0.25) is 0 Å². The van der Waals surface area contributed by atoms with Gasteiger partial charge in [-0.3, -0.25) is 0 Å². The Kier molecular flexibility index (Phi) is 2.64. The summed E-state index contributed by atoms with van der Waals surface area (Å²) in [5.41, 5.74) is 2.83. The van der Waals surface area contributed by atoms with Crippen molar-refractivity contribution in [2.24, 2.45) is 0 Å². The fourth-order valence-electron chi connectivity index (χ4n) is 2.51. The second-order valence-electron chi connectivity index (χ2n) is 4.52. The second-order valence-corrected chi connectivity index (χ2v) is 4.52. The van der Waals surface area contributed by atoms with E-state index in [0.717, 1.165) is 6.04 Å². The smallest absolute Gasteiger partial charge is 0.0360 e. The molecule has 0 amide bonds. The molecule has 2 heteroatoms. The summed E-state index contributed by atoms with van der Waals surface area (Å²) in [7, 11) is 2.21. The summed E-state index contributed by atoms with van der Waals surface area (Å²) >= 11 is 0. The highest BCUT2D eigenvalue weighted by Gasteiger charge is 2.19. The zero-order chi connectivity index (χ0) is 10.1. The molecule has 0 saturated carbocycles. The first-order valence-electron chi connectivity index (χ1n) is 5.51. The minimum atomic E-state index is 0.737. The van der Waals surface area contributed by atoms with Crippen molar-refractivity contribution in [3.05, 3.63) is 23.5 Å². The Bertz CT molecular complexity index is 287. The maximum Gasteiger partial charge on any atom is 0.0360 e. The van der Waals surface area contributed by atoms with E-state index in [4.69, 9.17) is 0 Å². The number of piperidine rings is 1. The van der Waals surface area contributed by atoms with Crippen molar-refractivity contribution in [3.8, 4) is 0 Å². The molecule has 0 aliphatic carbocycles. The zero-order valence-corrected chi connectivity index (χ0v) is 9.45. The van der Waals surface area contributed by atoms with E-state index in [1.54, 1.807) is 0 Å². The van der Waals surface area contributed by atoms with Crippen LogP contribution in [0.25, 0.3) is 0 Å². The Morgan fingerprint density at radius 2 is 1.57 bits per heavy atom. The van der Waals surface area contributed by atoms with Crippen molar-refractivity contribution in [3.63, 3.8) is 0 Å². The number of aryl methyl sites for hydroxylation is 2. The van der Waals surface area contributed by atoms with E-state index in [1.807, 2.05) is 0 Å². The quantitative estimate of drug-likeness (QED) is 0.663. The van der Waals surface area contributed by atoms with E-state index in [2.05, 4.69) is 42.5 Å². The molecule has 0 N–H and O–H groups in total. The van der Waals surface area contributed by atoms with Crippen LogP contribution in [-0.2, 0) is 0 Å². The van der Waals surface area contributed by atoms with Gasteiger partial charge < -0.3 is 9.47 Å². The van der Waals surface area contributed by atoms with Crippen molar-refractivity contribution in [2.75, 3.05) is 20.1 Å². The predicted molar refractivity (Wildman–Crippen MR) is 59.7 cm³/mol. The highest BCUT2D eigenvalue weighted by Crippen LogP contribution is 2.25. The van der Waals surface area contributed by atoms with Crippen LogP contribution in [0.2, 0.25) is 0 Å². The van der Waals surface area contributed by atoms with E-state index >= 15 is 0 Å². The van der Waals surface area contributed by atoms with Gasteiger partial charge >= 0.3 is 0 Å². The van der Waals surface area contributed by atoms with E-state index < -0.39 is 0 Å². The molecule has 0 atom stereocenters. The van der Waals surface area contributed by atoms with Gasteiger partial charge in [0.05, 0.1) is 0 Å². The lowest BCUT2D eigenvalue weighted by atomic mass is 10.0. The summed E-state index contributed by atoms with van der Waals surface area (Å²) < 4.78 is 2.51. The molecule has 1 fully saturated rings. The largest absolute Gasteiger partial charge is 0.346 e. The monoisotopic (exact) mass is 192 g/mol. The van der Waals surface area contributed by atoms with Crippen LogP contribution >= 0.6 is 0 Å². The summed E-state index contributed by atoms with van der Waals surface area (Å²) in [6.07, 6.45) is 2.60. The van der Waals surface area contributed by atoms with Gasteiger partial charge in [-0.2, -0.15) is 0 Å². The molecule has 2 nitrogen and oxygen atoms in total. The van der Waals surface area contributed by atoms with Crippen LogP contribution in [0.15, 0.2) is 12.1 Å². The molecule has 78 valence electrons. The third-order valence-electron chi connectivity index (χ3n) is 3.38. The Hall–Kier alpha value is -0.760. The van der Waals surface area contributed by atoms with Crippen LogP contribution in [0, 0.1) is 13.8 Å². The second kappa shape index (κ2) is 3.77. The van der Waals surface area contributed by atoms with Gasteiger partial charge in [-0.1, -0.05) is 0 Å². The lowest BCUT2D eigenvalue weighted by molar-refractivity contribution is 0.219. The highest BCUT2D eigenvalue weighted by atomic mass is 15.1. The number of likely N-dealkylation sites (tertiary alicyclic amines) is 1. The molecular formula is C12H20N2. The number of hydrogen-bond donors (Lipinski definition) is 0. The van der Waals surface area contributed by atoms with Gasteiger partial charge in [-0.15, -0.1) is 0 Å². The molecule has 1 aliphatic heterocycles. The van der Waals surface area contributed by atoms with Crippen LogP contribution < -0.4 is 0 Å². The summed E-state index contributed by atoms with van der Waals surface area (Å²) in [6, 6.07) is 5.20. The standard InChI is InChI=1S/C12H20N2/c1-10-4-5-11(2)14(10)12-6-8-13(3)9-7-12/h4-5,12H,6-9H2,1-3H3. The predicted octanol–water partition coefficient (Wildman–Crippen LogP) is 2.37. The molecule has 2 heterocycles. The zero-order valence-electron chi connectivity index (χ0n) is 9.45. The fraction of sp³-hybridized carbons (Fsp3) is 0.667. The first-order valence-corrected chi connectivity index (χ1v) is 5.51. The van der Waals surface area contributed by atoms with Crippen LogP contribution in [0.1, 0.15) is 30.3 Å². The molecule has 1 aromatic heterocycles. The lowest BCUT2D eigenvalue weighted by Crippen LogP contribution is -2.32. The van der Waals surface area contributed by atoms with Crippen LogP contribution in [0.5, 0.6) is 0 Å². The Morgan fingerprint density at radius 1 is 1.07 bits per heavy atom. The van der Waals surface area contributed by atoms with Crippen LogP contribution in [0.4, 0.5) is 0 Å². The van der Waals surface area contributed by atoms with Gasteiger partial charge in [-0.05, 0) is 59.0 Å². The molecular weight excluding hydrogens is 172 g/mol. The molecule has 14 heavy (non-hydrogen) atoms. The molecule has 0 spiro atoms. The Morgan fingerprint density at radius 3 is 2.07 bits per heavy atom. The molecule has 0 bridgehead atoms. The summed E-state index contributed by atoms with van der Waals surface area (Å²) in [5.74, 6) is 0. The van der Waals surface area contributed by atoms with E-state index in [9.17, 15) is 0 Å². The maximum atomic E-state index is 2.51. The first kappa shape index (κ1) is 9.78. The summed E-state index contributed by atoms with van der Waals surface area (Å²) in [5, 5.41) is 0. The van der Waals surface area contributed by atoms with E-state index in [-0.39, 0.29) is 0 Å². The van der Waals surface area contributed by atoms with Crippen LogP contribution in [0.3, 0.4) is 0 Å². The van der Waals surface area contributed by atoms with Crippen molar-refractivity contribution >= 4 is 0 Å². The SMILES string of the molecule is Cc1ccc(C)n1C1CCN(C)CC1. The highest BCUT2D eigenvalue weighted by molar-refractivity contribution is 5.15. The van der Waals surface area contributed by atoms with Gasteiger partial charge in [0.25, 0.3) is 0 Å². The average molecular weight is 192 g/mol. The van der Waals surface area contributed by atoms with Gasteiger partial charge in [-0.25, -0.2) is 0 Å². The fourth-order valence-corrected chi connectivity index (χ4v) is 2.51. The lowest BCUT2D eigenvalue weighted by Gasteiger charge is -2.31. The normalized spacial score (nSPS) is 20.2. The van der Waals surface area contributed by atoms with Crippen molar-refractivity contribution in [2.45, 2.75) is 32.7 Å². The van der Waals surface area contributed by atoms with Crippen molar-refractivity contribution in [1.29, 1.82) is 0 Å².